The quantitative estimate of drug-likeness (QED) is 0.899. The molecule has 0 bridgehead atoms. The Kier molecular flexibility index (Phi) is 8.09. The molecule has 0 saturated heterocycles. The van der Waals surface area contributed by atoms with Crippen LogP contribution in [0.1, 0.15) is 39.0 Å². The van der Waals surface area contributed by atoms with E-state index in [0.717, 1.165) is 31.4 Å². The number of hydrogen-bond acceptors (Lipinski definition) is 3. The number of nitrogens with zero attached hydrogens (tertiary/aromatic N) is 1. The van der Waals surface area contributed by atoms with Gasteiger partial charge in [0, 0.05) is 24.1 Å². The molecule has 4 nitrogen and oxygen atoms in total. The molecule has 114 valence electrons. The van der Waals surface area contributed by atoms with Gasteiger partial charge < -0.3 is 11.1 Å². The predicted molar refractivity (Wildman–Crippen MR) is 86.5 cm³/mol. The lowest BCUT2D eigenvalue weighted by Crippen LogP contribution is -2.49. The van der Waals surface area contributed by atoms with E-state index >= 15 is 0 Å². The van der Waals surface area contributed by atoms with Gasteiger partial charge in [-0.15, -0.1) is 24.8 Å². The van der Waals surface area contributed by atoms with Crippen molar-refractivity contribution in [1.29, 1.82) is 0 Å². The Morgan fingerprint density at radius 1 is 1.25 bits per heavy atom. The van der Waals surface area contributed by atoms with Gasteiger partial charge in [0.2, 0.25) is 5.91 Å². The second-order valence-electron chi connectivity index (χ2n) is 5.20. The summed E-state index contributed by atoms with van der Waals surface area (Å²) in [5.41, 5.74) is 6.47. The Morgan fingerprint density at radius 2 is 1.80 bits per heavy atom. The van der Waals surface area contributed by atoms with Crippen molar-refractivity contribution in [3.8, 4) is 0 Å². The van der Waals surface area contributed by atoms with Gasteiger partial charge in [-0.05, 0) is 31.9 Å². The minimum atomic E-state index is -0.401. The minimum Gasteiger partial charge on any atom is -0.327 e. The number of carbonyl (C=O) groups is 1. The molecular formula is C14H23Cl2N3O. The number of nitrogens with two attached hydrogens (primary N) is 1. The van der Waals surface area contributed by atoms with Crippen molar-refractivity contribution in [2.24, 2.45) is 11.1 Å². The molecule has 1 aromatic rings. The molecule has 0 aromatic carbocycles. The molecule has 0 unspecified atom stereocenters. The number of hydrogen-bond donors (Lipinski definition) is 2. The van der Waals surface area contributed by atoms with E-state index in [2.05, 4.69) is 10.3 Å². The van der Waals surface area contributed by atoms with Gasteiger partial charge in [-0.2, -0.15) is 0 Å². The fourth-order valence-electron chi connectivity index (χ4n) is 2.76. The summed E-state index contributed by atoms with van der Waals surface area (Å²) < 4.78 is 0. The molecule has 1 saturated carbocycles. The average Bonchev–Trinajstić information content (AvgIpc) is 2.40. The Hall–Kier alpha value is -0.840. The third kappa shape index (κ3) is 4.08. The van der Waals surface area contributed by atoms with E-state index in [9.17, 15) is 4.79 Å². The van der Waals surface area contributed by atoms with Crippen LogP contribution in [0.5, 0.6) is 0 Å². The zero-order chi connectivity index (χ0) is 13.0. The van der Waals surface area contributed by atoms with Gasteiger partial charge in [0.1, 0.15) is 0 Å². The molecule has 1 atom stereocenters. The van der Waals surface area contributed by atoms with Crippen molar-refractivity contribution in [1.82, 2.24) is 4.98 Å². The first-order valence-electron chi connectivity index (χ1n) is 6.62. The maximum Gasteiger partial charge on any atom is 0.232 e. The van der Waals surface area contributed by atoms with Crippen LogP contribution in [0.3, 0.4) is 0 Å². The number of carbonyl (C=O) groups excluding carboxylic acids is 1. The fourth-order valence-corrected chi connectivity index (χ4v) is 2.76. The molecule has 3 N–H and O–H groups in total. The molecule has 0 spiro atoms. The van der Waals surface area contributed by atoms with E-state index in [1.165, 1.54) is 6.42 Å². The van der Waals surface area contributed by atoms with Crippen LogP contribution in [0.2, 0.25) is 0 Å². The summed E-state index contributed by atoms with van der Waals surface area (Å²) in [5.74, 6) is 0.0587. The highest BCUT2D eigenvalue weighted by molar-refractivity contribution is 5.95. The summed E-state index contributed by atoms with van der Waals surface area (Å²) in [6, 6.07) is 3.49. The molecule has 6 heteroatoms. The van der Waals surface area contributed by atoms with Crippen LogP contribution >= 0.6 is 24.8 Å². The van der Waals surface area contributed by atoms with E-state index in [-0.39, 0.29) is 36.8 Å². The second-order valence-corrected chi connectivity index (χ2v) is 5.20. The number of aromatic nitrogens is 1. The highest BCUT2D eigenvalue weighted by Crippen LogP contribution is 2.39. The predicted octanol–water partition coefficient (Wildman–Crippen LogP) is 3.16. The van der Waals surface area contributed by atoms with E-state index in [0.29, 0.717) is 0 Å². The van der Waals surface area contributed by atoms with Crippen LogP contribution in [0, 0.1) is 5.41 Å². The Balaban J connectivity index is 0.00000180. The largest absolute Gasteiger partial charge is 0.327 e. The molecule has 1 aliphatic carbocycles. The summed E-state index contributed by atoms with van der Waals surface area (Å²) in [6.45, 7) is 1.94. The summed E-state index contributed by atoms with van der Waals surface area (Å²) in [4.78, 5) is 16.5. The van der Waals surface area contributed by atoms with Crippen molar-refractivity contribution in [2.75, 3.05) is 5.32 Å². The maximum absolute atomic E-state index is 12.5. The minimum absolute atomic E-state index is 0. The normalized spacial score (nSPS) is 18.1. The lowest BCUT2D eigenvalue weighted by Gasteiger charge is -2.39. The van der Waals surface area contributed by atoms with Gasteiger partial charge in [0.25, 0.3) is 0 Å². The highest BCUT2D eigenvalue weighted by Gasteiger charge is 2.42. The molecule has 0 aliphatic heterocycles. The van der Waals surface area contributed by atoms with Crippen molar-refractivity contribution >= 4 is 36.4 Å². The smallest absolute Gasteiger partial charge is 0.232 e. The number of rotatable bonds is 3. The van der Waals surface area contributed by atoms with Crippen molar-refractivity contribution in [3.05, 3.63) is 24.5 Å². The number of halogens is 2. The Morgan fingerprint density at radius 3 is 2.30 bits per heavy atom. The SMILES string of the molecule is C[C@@H](N)C1(C(=O)Nc2ccncc2)CCCCC1.Cl.Cl. The monoisotopic (exact) mass is 319 g/mol. The number of pyridine rings is 1. The third-order valence-electron chi connectivity index (χ3n) is 4.01. The topological polar surface area (TPSA) is 68.0 Å². The molecular weight excluding hydrogens is 297 g/mol. The molecule has 1 heterocycles. The van der Waals surface area contributed by atoms with Crippen molar-refractivity contribution in [2.45, 2.75) is 45.1 Å². The van der Waals surface area contributed by atoms with Crippen LogP contribution in [0.4, 0.5) is 5.69 Å². The zero-order valence-electron chi connectivity index (χ0n) is 11.7. The summed E-state index contributed by atoms with van der Waals surface area (Å²) in [6.07, 6.45) is 8.51. The van der Waals surface area contributed by atoms with Gasteiger partial charge in [0.05, 0.1) is 5.41 Å². The standard InChI is InChI=1S/C14H21N3O.2ClH/c1-11(15)14(7-3-2-4-8-14)13(18)17-12-5-9-16-10-6-12;;/h5-6,9-11H,2-4,7-8,15H2,1H3,(H,16,17,18);2*1H/t11-;;/m1../s1. The van der Waals surface area contributed by atoms with Crippen LogP contribution in [-0.4, -0.2) is 16.9 Å². The summed E-state index contributed by atoms with van der Waals surface area (Å²) in [5, 5.41) is 2.97. The van der Waals surface area contributed by atoms with Gasteiger partial charge in [-0.25, -0.2) is 0 Å². The first-order valence-corrected chi connectivity index (χ1v) is 6.62. The van der Waals surface area contributed by atoms with Gasteiger partial charge in [-0.1, -0.05) is 19.3 Å². The van der Waals surface area contributed by atoms with Crippen LogP contribution in [0.15, 0.2) is 24.5 Å². The molecule has 2 rings (SSSR count). The number of anilines is 1. The van der Waals surface area contributed by atoms with Gasteiger partial charge in [-0.3, -0.25) is 9.78 Å². The second kappa shape index (κ2) is 8.45. The number of amides is 1. The molecule has 20 heavy (non-hydrogen) atoms. The van der Waals surface area contributed by atoms with E-state index < -0.39 is 5.41 Å². The highest BCUT2D eigenvalue weighted by atomic mass is 35.5. The lowest BCUT2D eigenvalue weighted by molar-refractivity contribution is -0.128. The van der Waals surface area contributed by atoms with E-state index in [1.54, 1.807) is 24.5 Å². The Labute approximate surface area is 132 Å². The van der Waals surface area contributed by atoms with E-state index in [4.69, 9.17) is 5.73 Å². The molecule has 1 aromatic heterocycles. The summed E-state index contributed by atoms with van der Waals surface area (Å²) in [7, 11) is 0. The number of nitrogens with one attached hydrogen (secondary N) is 1. The molecule has 1 aliphatic rings. The molecule has 1 fully saturated rings. The third-order valence-corrected chi connectivity index (χ3v) is 4.01. The van der Waals surface area contributed by atoms with Crippen molar-refractivity contribution in [3.63, 3.8) is 0 Å². The van der Waals surface area contributed by atoms with Gasteiger partial charge >= 0.3 is 0 Å². The summed E-state index contributed by atoms with van der Waals surface area (Å²) >= 11 is 0. The van der Waals surface area contributed by atoms with Crippen molar-refractivity contribution < 1.29 is 4.79 Å². The fraction of sp³-hybridized carbons (Fsp3) is 0.571. The maximum atomic E-state index is 12.5. The van der Waals surface area contributed by atoms with Gasteiger partial charge in [0.15, 0.2) is 0 Å². The Bertz CT molecular complexity index is 406. The van der Waals surface area contributed by atoms with E-state index in [1.807, 2.05) is 6.92 Å². The van der Waals surface area contributed by atoms with Crippen LogP contribution in [-0.2, 0) is 4.79 Å². The molecule has 0 radical (unpaired) electrons. The molecule has 1 amide bonds. The average molecular weight is 320 g/mol. The van der Waals surface area contributed by atoms with Crippen LogP contribution in [0.25, 0.3) is 0 Å². The van der Waals surface area contributed by atoms with Crippen LogP contribution < -0.4 is 11.1 Å². The first kappa shape index (κ1) is 19.2. The zero-order valence-corrected chi connectivity index (χ0v) is 13.3. The lowest BCUT2D eigenvalue weighted by atomic mass is 9.69. The first-order chi connectivity index (χ1) is 8.65.